The Kier molecular flexibility index (Phi) is 8.81. The fourth-order valence-corrected chi connectivity index (χ4v) is 11.3. The van der Waals surface area contributed by atoms with Crippen molar-refractivity contribution in [3.8, 4) is 11.1 Å². The number of benzene rings is 3. The van der Waals surface area contributed by atoms with Crippen LogP contribution in [-0.4, -0.2) is 46.7 Å². The molecule has 10 rings (SSSR count). The molecule has 4 bridgehead atoms. The van der Waals surface area contributed by atoms with Crippen LogP contribution in [0.3, 0.4) is 0 Å². The number of amides is 1. The van der Waals surface area contributed by atoms with Crippen LogP contribution >= 0.6 is 0 Å². The first-order valence-electron chi connectivity index (χ1n) is 19.6. The lowest BCUT2D eigenvalue weighted by atomic mass is 9.45. The van der Waals surface area contributed by atoms with E-state index in [2.05, 4.69) is 69.0 Å². The van der Waals surface area contributed by atoms with Gasteiger partial charge in [0.25, 0.3) is 0 Å². The highest BCUT2D eigenvalue weighted by atomic mass is 16.6. The summed E-state index contributed by atoms with van der Waals surface area (Å²) in [6.07, 6.45) is 10.9. The second-order valence-electron chi connectivity index (χ2n) is 17.6. The van der Waals surface area contributed by atoms with Crippen molar-refractivity contribution in [2.24, 2.45) is 28.6 Å². The predicted molar refractivity (Wildman–Crippen MR) is 203 cm³/mol. The van der Waals surface area contributed by atoms with Gasteiger partial charge in [-0.15, -0.1) is 0 Å². The van der Waals surface area contributed by atoms with Gasteiger partial charge in [0.1, 0.15) is 5.60 Å². The molecule has 7 unspecified atom stereocenters. The highest BCUT2D eigenvalue weighted by molar-refractivity contribution is 6.13. The first-order chi connectivity index (χ1) is 24.5. The van der Waals surface area contributed by atoms with E-state index in [1.54, 1.807) is 0 Å². The molecule has 1 saturated heterocycles. The van der Waals surface area contributed by atoms with Gasteiger partial charge in [0, 0.05) is 23.1 Å². The fraction of sp³-hybridized carbons (Fsp3) is 0.522. The molecule has 4 saturated carbocycles. The minimum atomic E-state index is -0.614. The van der Waals surface area contributed by atoms with Crippen LogP contribution in [0.5, 0.6) is 0 Å². The van der Waals surface area contributed by atoms with Gasteiger partial charge in [-0.05, 0) is 129 Å². The Balaban J connectivity index is 1.18. The van der Waals surface area contributed by atoms with Gasteiger partial charge in [-0.3, -0.25) is 4.79 Å². The Labute approximate surface area is 304 Å². The number of aliphatic hydroxyl groups excluding tert-OH is 1. The lowest BCUT2D eigenvalue weighted by Crippen LogP contribution is -2.55. The molecule has 5 nitrogen and oxygen atoms in total. The molecule has 3 aromatic rings. The van der Waals surface area contributed by atoms with E-state index in [1.807, 2.05) is 42.5 Å². The van der Waals surface area contributed by atoms with Crippen molar-refractivity contribution >= 4 is 11.9 Å². The van der Waals surface area contributed by atoms with E-state index in [-0.39, 0.29) is 23.2 Å². The van der Waals surface area contributed by atoms with Crippen LogP contribution in [0.1, 0.15) is 118 Å². The zero-order valence-electron chi connectivity index (χ0n) is 31.0. The first kappa shape index (κ1) is 34.4. The van der Waals surface area contributed by atoms with E-state index >= 15 is 0 Å². The maximum atomic E-state index is 15.0. The molecule has 51 heavy (non-hydrogen) atoms. The molecule has 7 aliphatic rings. The van der Waals surface area contributed by atoms with Crippen LogP contribution in [0.2, 0.25) is 0 Å². The second kappa shape index (κ2) is 13.1. The topological polar surface area (TPSA) is 66.8 Å². The molecule has 1 spiro atoms. The van der Waals surface area contributed by atoms with Gasteiger partial charge in [-0.2, -0.15) is 0 Å². The number of carbonyl (C=O) groups is 2. The summed E-state index contributed by atoms with van der Waals surface area (Å²) in [5.41, 5.74) is 6.03. The van der Waals surface area contributed by atoms with Gasteiger partial charge in [-0.25, -0.2) is 4.79 Å². The number of ether oxygens (including phenoxy) is 1. The Hall–Kier alpha value is -3.70. The Bertz CT molecular complexity index is 1840. The normalized spacial score (nSPS) is 32.9. The van der Waals surface area contributed by atoms with Gasteiger partial charge in [0.2, 0.25) is 0 Å². The largest absolute Gasteiger partial charge is 0.440 e. The van der Waals surface area contributed by atoms with Crippen molar-refractivity contribution in [2.75, 3.05) is 13.1 Å². The monoisotopic (exact) mass is 685 g/mol. The summed E-state index contributed by atoms with van der Waals surface area (Å²) in [6, 6.07) is 24.4. The Morgan fingerprint density at radius 2 is 1.71 bits per heavy atom. The van der Waals surface area contributed by atoms with E-state index in [0.717, 1.165) is 66.8 Å². The maximum Gasteiger partial charge on any atom is 0.410 e. The number of hydrogen-bond donors (Lipinski definition) is 1. The zero-order chi connectivity index (χ0) is 35.5. The van der Waals surface area contributed by atoms with E-state index in [0.29, 0.717) is 47.8 Å². The number of ketones is 1. The molecule has 7 atom stereocenters. The molecule has 1 amide bonds. The van der Waals surface area contributed by atoms with Gasteiger partial charge in [0.15, 0.2) is 5.78 Å². The lowest BCUT2D eigenvalue weighted by Gasteiger charge is -2.60. The van der Waals surface area contributed by atoms with Crippen LogP contribution in [0.15, 0.2) is 84.4 Å². The van der Waals surface area contributed by atoms with E-state index in [1.165, 1.54) is 24.8 Å². The first-order valence-corrected chi connectivity index (χ1v) is 19.6. The quantitative estimate of drug-likeness (QED) is 0.214. The standard InChI is InChI=1S/C46H55NO4/c1-30-11-10-23-45(4)40(22-24-46(45)29-47(43(50)51-46)28-33-18-19-34-27-41(33)44(34,2)3)37-21-17-31(25-35(48)20-16-30)26-39(37)42(49)38-15-9-8-14-36(38)32-12-6-5-7-13-32/h5-9,11-15,17,21,26,33-35,40-41,48H,10,16,18-20,22-25,27-29H2,1-4H3. The van der Waals surface area contributed by atoms with Crippen molar-refractivity contribution in [1.82, 2.24) is 4.90 Å². The Morgan fingerprint density at radius 1 is 0.922 bits per heavy atom. The third-order valence-corrected chi connectivity index (χ3v) is 14.6. The number of hydrogen-bond acceptors (Lipinski definition) is 4. The highest BCUT2D eigenvalue weighted by Crippen LogP contribution is 2.64. The van der Waals surface area contributed by atoms with E-state index in [4.69, 9.17) is 4.74 Å². The summed E-state index contributed by atoms with van der Waals surface area (Å²) in [6.45, 7) is 10.8. The molecule has 1 heterocycles. The summed E-state index contributed by atoms with van der Waals surface area (Å²) in [4.78, 5) is 30.9. The average Bonchev–Trinajstić information content (AvgIpc) is 3.60. The van der Waals surface area contributed by atoms with Crippen LogP contribution in [0.25, 0.3) is 11.1 Å². The number of rotatable bonds is 5. The minimum absolute atomic E-state index is 0.00989. The number of allylic oxidation sites excluding steroid dienone is 2. The van der Waals surface area contributed by atoms with E-state index < -0.39 is 11.7 Å². The predicted octanol–water partition coefficient (Wildman–Crippen LogP) is 10.2. The summed E-state index contributed by atoms with van der Waals surface area (Å²) in [5.74, 6) is 2.08. The van der Waals surface area contributed by atoms with Crippen LogP contribution in [0, 0.1) is 28.6 Å². The van der Waals surface area contributed by atoms with Gasteiger partial charge >= 0.3 is 6.09 Å². The van der Waals surface area contributed by atoms with Crippen LogP contribution < -0.4 is 0 Å². The van der Waals surface area contributed by atoms with Gasteiger partial charge in [-0.1, -0.05) is 99.2 Å². The molecule has 268 valence electrons. The Morgan fingerprint density at radius 3 is 2.49 bits per heavy atom. The third-order valence-electron chi connectivity index (χ3n) is 14.6. The van der Waals surface area contributed by atoms with Gasteiger partial charge < -0.3 is 14.7 Å². The van der Waals surface area contributed by atoms with Gasteiger partial charge in [0.05, 0.1) is 12.6 Å². The van der Waals surface area contributed by atoms with E-state index in [9.17, 15) is 14.7 Å². The molecular formula is C46H55NO4. The molecule has 0 aromatic heterocycles. The summed E-state index contributed by atoms with van der Waals surface area (Å²) in [5, 5.41) is 11.1. The summed E-state index contributed by atoms with van der Waals surface area (Å²) >= 11 is 0. The van der Waals surface area contributed by atoms with Crippen molar-refractivity contribution in [3.05, 3.63) is 107 Å². The third kappa shape index (κ3) is 5.88. The summed E-state index contributed by atoms with van der Waals surface area (Å²) < 4.78 is 6.70. The van der Waals surface area contributed by atoms with Crippen molar-refractivity contribution < 1.29 is 19.4 Å². The second-order valence-corrected chi connectivity index (χ2v) is 17.6. The number of fused-ring (bicyclic) bond motifs is 10. The van der Waals surface area contributed by atoms with Crippen LogP contribution in [0.4, 0.5) is 4.79 Å². The number of aliphatic hydroxyl groups is 1. The smallest absolute Gasteiger partial charge is 0.410 e. The molecule has 1 aliphatic heterocycles. The molecular weight excluding hydrogens is 631 g/mol. The zero-order valence-corrected chi connectivity index (χ0v) is 31.0. The van der Waals surface area contributed by atoms with Crippen molar-refractivity contribution in [1.29, 1.82) is 0 Å². The van der Waals surface area contributed by atoms with Crippen molar-refractivity contribution in [2.45, 2.75) is 110 Å². The number of carbonyl (C=O) groups excluding carboxylic acids is 2. The minimum Gasteiger partial charge on any atom is -0.440 e. The van der Waals surface area contributed by atoms with Crippen molar-refractivity contribution in [3.63, 3.8) is 0 Å². The molecule has 0 radical (unpaired) electrons. The highest BCUT2D eigenvalue weighted by Gasteiger charge is 2.64. The van der Waals surface area contributed by atoms with Crippen LogP contribution in [-0.2, 0) is 11.2 Å². The lowest BCUT2D eigenvalue weighted by molar-refractivity contribution is -0.109. The number of nitrogens with zero attached hydrogens (tertiary/aromatic N) is 1. The molecule has 5 fully saturated rings. The molecule has 3 aromatic carbocycles. The maximum absolute atomic E-state index is 15.0. The summed E-state index contributed by atoms with van der Waals surface area (Å²) in [7, 11) is 0. The molecule has 1 N–H and O–H groups in total. The molecule has 5 heteroatoms. The average molecular weight is 686 g/mol. The SMILES string of the molecule is CC1=CCCC2(C)C(CCC23CN(CC2CCC4CC2C4(C)C)C(=O)O3)c2ccc(cc2C(=O)c2ccccc2-c2ccccc2)CC(O)CC1. The fourth-order valence-electron chi connectivity index (χ4n) is 11.3. The molecule has 6 aliphatic carbocycles.